The van der Waals surface area contributed by atoms with Crippen LogP contribution in [0.3, 0.4) is 0 Å². The molecular formula is C15H11NO4. The van der Waals surface area contributed by atoms with Crippen LogP contribution in [0.2, 0.25) is 0 Å². The van der Waals surface area contributed by atoms with Crippen molar-refractivity contribution >= 4 is 23.3 Å². The number of carboxylic acid groups (broad SMARTS) is 1. The van der Waals surface area contributed by atoms with E-state index in [4.69, 9.17) is 9.84 Å². The molecule has 1 aliphatic heterocycles. The van der Waals surface area contributed by atoms with Crippen LogP contribution in [0.25, 0.3) is 0 Å². The molecule has 0 radical (unpaired) electrons. The molecule has 0 unspecified atom stereocenters. The number of aromatic carboxylic acids is 1. The molecule has 1 aliphatic rings. The number of hydrogen-bond acceptors (Lipinski definition) is 3. The third-order valence-electron chi connectivity index (χ3n) is 3.06. The number of ether oxygens (including phenoxy) is 1. The molecule has 0 saturated carbocycles. The molecule has 2 aromatic rings. The van der Waals surface area contributed by atoms with Crippen molar-refractivity contribution in [2.75, 3.05) is 11.5 Å². The number of rotatable bonds is 2. The van der Waals surface area contributed by atoms with E-state index in [0.29, 0.717) is 17.1 Å². The Morgan fingerprint density at radius 3 is 2.60 bits per heavy atom. The van der Waals surface area contributed by atoms with E-state index in [9.17, 15) is 9.59 Å². The molecule has 5 heteroatoms. The molecule has 1 amide bonds. The summed E-state index contributed by atoms with van der Waals surface area (Å²) in [7, 11) is 0. The van der Waals surface area contributed by atoms with Gasteiger partial charge in [0.1, 0.15) is 5.75 Å². The zero-order valence-electron chi connectivity index (χ0n) is 10.4. The topological polar surface area (TPSA) is 66.8 Å². The van der Waals surface area contributed by atoms with Gasteiger partial charge in [0.05, 0.1) is 11.3 Å². The minimum atomic E-state index is -1.04. The van der Waals surface area contributed by atoms with Gasteiger partial charge in [-0.15, -0.1) is 0 Å². The molecule has 5 nitrogen and oxygen atoms in total. The predicted octanol–water partition coefficient (Wildman–Crippen LogP) is 2.44. The fourth-order valence-electron chi connectivity index (χ4n) is 2.15. The van der Waals surface area contributed by atoms with Crippen LogP contribution in [-0.4, -0.2) is 23.6 Å². The second-order valence-corrected chi connectivity index (χ2v) is 4.34. The van der Waals surface area contributed by atoms with E-state index in [1.807, 2.05) is 18.2 Å². The minimum Gasteiger partial charge on any atom is -0.482 e. The summed E-state index contributed by atoms with van der Waals surface area (Å²) in [6.45, 7) is -0.0612. The Morgan fingerprint density at radius 1 is 1.15 bits per heavy atom. The maximum atomic E-state index is 12.1. The van der Waals surface area contributed by atoms with Gasteiger partial charge in [-0.2, -0.15) is 0 Å². The smallest absolute Gasteiger partial charge is 0.335 e. The van der Waals surface area contributed by atoms with E-state index < -0.39 is 5.97 Å². The van der Waals surface area contributed by atoms with Gasteiger partial charge in [-0.3, -0.25) is 9.69 Å². The zero-order chi connectivity index (χ0) is 14.1. The first-order valence-electron chi connectivity index (χ1n) is 6.05. The van der Waals surface area contributed by atoms with Gasteiger partial charge in [-0.25, -0.2) is 4.79 Å². The van der Waals surface area contributed by atoms with Gasteiger partial charge in [0, 0.05) is 5.69 Å². The highest BCUT2D eigenvalue weighted by atomic mass is 16.5. The Bertz CT molecular complexity index is 682. The van der Waals surface area contributed by atoms with E-state index in [-0.39, 0.29) is 18.1 Å². The number of carbonyl (C=O) groups excluding carboxylic acids is 1. The van der Waals surface area contributed by atoms with Crippen molar-refractivity contribution in [3.8, 4) is 5.75 Å². The molecule has 3 rings (SSSR count). The van der Waals surface area contributed by atoms with Gasteiger partial charge in [0.2, 0.25) is 0 Å². The number of amides is 1. The molecule has 100 valence electrons. The second-order valence-electron chi connectivity index (χ2n) is 4.34. The molecule has 0 aliphatic carbocycles. The van der Waals surface area contributed by atoms with Crippen molar-refractivity contribution in [3.05, 3.63) is 54.1 Å². The third-order valence-corrected chi connectivity index (χ3v) is 3.06. The summed E-state index contributed by atoms with van der Waals surface area (Å²) in [6.07, 6.45) is 0. The largest absolute Gasteiger partial charge is 0.482 e. The summed E-state index contributed by atoms with van der Waals surface area (Å²) in [5.74, 6) is -0.775. The van der Waals surface area contributed by atoms with Crippen molar-refractivity contribution < 1.29 is 19.4 Å². The van der Waals surface area contributed by atoms with Crippen LogP contribution >= 0.6 is 0 Å². The summed E-state index contributed by atoms with van der Waals surface area (Å²) >= 11 is 0. The maximum absolute atomic E-state index is 12.1. The van der Waals surface area contributed by atoms with Crippen LogP contribution < -0.4 is 9.64 Å². The number of para-hydroxylation sites is 1. The molecule has 0 aromatic heterocycles. The molecule has 20 heavy (non-hydrogen) atoms. The summed E-state index contributed by atoms with van der Waals surface area (Å²) < 4.78 is 5.34. The monoisotopic (exact) mass is 269 g/mol. The lowest BCUT2D eigenvalue weighted by molar-refractivity contribution is -0.120. The van der Waals surface area contributed by atoms with Crippen molar-refractivity contribution in [3.63, 3.8) is 0 Å². The molecule has 0 bridgehead atoms. The van der Waals surface area contributed by atoms with Gasteiger partial charge >= 0.3 is 5.97 Å². The highest BCUT2D eigenvalue weighted by Gasteiger charge is 2.27. The molecule has 0 spiro atoms. The number of carbonyl (C=O) groups is 2. The van der Waals surface area contributed by atoms with E-state index >= 15 is 0 Å². The Hall–Kier alpha value is -2.82. The first kappa shape index (κ1) is 12.2. The van der Waals surface area contributed by atoms with Crippen molar-refractivity contribution in [2.45, 2.75) is 0 Å². The number of hydrogen-bond donors (Lipinski definition) is 1. The summed E-state index contributed by atoms with van der Waals surface area (Å²) in [6, 6.07) is 13.5. The third kappa shape index (κ3) is 1.99. The lowest BCUT2D eigenvalue weighted by Crippen LogP contribution is -2.35. The first-order valence-corrected chi connectivity index (χ1v) is 6.05. The van der Waals surface area contributed by atoms with Gasteiger partial charge < -0.3 is 9.84 Å². The number of benzene rings is 2. The molecule has 1 heterocycles. The van der Waals surface area contributed by atoms with Crippen LogP contribution in [-0.2, 0) is 4.79 Å². The van der Waals surface area contributed by atoms with Crippen LogP contribution in [0.15, 0.2) is 48.5 Å². The Kier molecular flexibility index (Phi) is 2.87. The SMILES string of the molecule is O=C(O)c1ccc2c(c1)N(c1ccccc1)C(=O)CO2. The number of carboxylic acids is 1. The molecule has 1 N–H and O–H groups in total. The second kappa shape index (κ2) is 4.70. The van der Waals surface area contributed by atoms with Crippen LogP contribution in [0, 0.1) is 0 Å². The Balaban J connectivity index is 2.15. The van der Waals surface area contributed by atoms with Gasteiger partial charge in [0.25, 0.3) is 5.91 Å². The zero-order valence-corrected chi connectivity index (χ0v) is 10.4. The number of fused-ring (bicyclic) bond motifs is 1. The van der Waals surface area contributed by atoms with E-state index in [1.165, 1.54) is 17.0 Å². The van der Waals surface area contributed by atoms with Gasteiger partial charge in [-0.1, -0.05) is 18.2 Å². The highest BCUT2D eigenvalue weighted by molar-refractivity contribution is 6.05. The summed E-state index contributed by atoms with van der Waals surface area (Å²) in [4.78, 5) is 24.6. The predicted molar refractivity (Wildman–Crippen MR) is 72.5 cm³/mol. The molecule has 2 aromatic carbocycles. The van der Waals surface area contributed by atoms with Gasteiger partial charge in [0.15, 0.2) is 6.61 Å². The average molecular weight is 269 g/mol. The molecule has 0 fully saturated rings. The van der Waals surface area contributed by atoms with Gasteiger partial charge in [-0.05, 0) is 30.3 Å². The van der Waals surface area contributed by atoms with E-state index in [0.717, 1.165) is 0 Å². The number of anilines is 2. The molecular weight excluding hydrogens is 258 g/mol. The van der Waals surface area contributed by atoms with Crippen LogP contribution in [0.4, 0.5) is 11.4 Å². The maximum Gasteiger partial charge on any atom is 0.335 e. The lowest BCUT2D eigenvalue weighted by Gasteiger charge is -2.29. The van der Waals surface area contributed by atoms with Crippen molar-refractivity contribution in [2.24, 2.45) is 0 Å². The summed E-state index contributed by atoms with van der Waals surface area (Å²) in [5.41, 5.74) is 1.25. The van der Waals surface area contributed by atoms with E-state index in [1.54, 1.807) is 18.2 Å². The normalized spacial score (nSPS) is 13.6. The molecule has 0 atom stereocenters. The first-order chi connectivity index (χ1) is 9.66. The molecule has 0 saturated heterocycles. The van der Waals surface area contributed by atoms with Crippen LogP contribution in [0.1, 0.15) is 10.4 Å². The highest BCUT2D eigenvalue weighted by Crippen LogP contribution is 2.37. The Morgan fingerprint density at radius 2 is 1.90 bits per heavy atom. The fourth-order valence-corrected chi connectivity index (χ4v) is 2.15. The Labute approximate surface area is 115 Å². The average Bonchev–Trinajstić information content (AvgIpc) is 2.47. The summed E-state index contributed by atoms with van der Waals surface area (Å²) in [5, 5.41) is 9.06. The van der Waals surface area contributed by atoms with Crippen molar-refractivity contribution in [1.29, 1.82) is 0 Å². The fraction of sp³-hybridized carbons (Fsp3) is 0.0667. The van der Waals surface area contributed by atoms with Crippen molar-refractivity contribution in [1.82, 2.24) is 0 Å². The standard InChI is InChI=1S/C15H11NO4/c17-14-9-20-13-7-6-10(15(18)19)8-12(13)16(14)11-4-2-1-3-5-11/h1-8H,9H2,(H,18,19). The quantitative estimate of drug-likeness (QED) is 0.909. The minimum absolute atomic E-state index is 0.0612. The van der Waals surface area contributed by atoms with Crippen LogP contribution in [0.5, 0.6) is 5.75 Å². The number of nitrogens with zero attached hydrogens (tertiary/aromatic N) is 1. The lowest BCUT2D eigenvalue weighted by atomic mass is 10.1. The van der Waals surface area contributed by atoms with E-state index in [2.05, 4.69) is 0 Å².